The van der Waals surface area contributed by atoms with Crippen LogP contribution in [0, 0.1) is 5.92 Å². The molecule has 0 saturated carbocycles. The van der Waals surface area contributed by atoms with E-state index in [1.807, 2.05) is 31.2 Å². The largest absolute Gasteiger partial charge is 0.480 e. The van der Waals surface area contributed by atoms with Crippen molar-refractivity contribution in [3.05, 3.63) is 59.7 Å². The number of amides is 2. The van der Waals surface area contributed by atoms with Crippen LogP contribution in [0.5, 0.6) is 5.75 Å². The molecular weight excluding hydrogens is 372 g/mol. The lowest BCUT2D eigenvalue weighted by Crippen LogP contribution is -2.45. The van der Waals surface area contributed by atoms with Gasteiger partial charge in [0.2, 0.25) is 0 Å². The number of carboxylic acids is 1. The van der Waals surface area contributed by atoms with Crippen molar-refractivity contribution >= 4 is 23.5 Å². The number of hydrogen-bond donors (Lipinski definition) is 3. The molecule has 1 heterocycles. The number of fused-ring (bicyclic) bond motifs is 1. The summed E-state index contributed by atoms with van der Waals surface area (Å²) in [7, 11) is 0. The number of benzene rings is 2. The Morgan fingerprint density at radius 3 is 2.62 bits per heavy atom. The maximum atomic E-state index is 12.5. The molecule has 1 aliphatic rings. The van der Waals surface area contributed by atoms with E-state index in [0.29, 0.717) is 24.3 Å². The quantitative estimate of drug-likeness (QED) is 0.668. The standard InChI is InChI=1S/C22H24N2O5/c1-3-13(2)19(22(27)28)24-20(25)15-8-6-9-16(11-15)23-21(26)18-12-14-7-4-5-10-17(14)29-18/h4-11,13,18-19H,3,12H2,1-2H3,(H,23,26)(H,24,25)(H,27,28)/t13-,18?,19-/m0/s1. The maximum Gasteiger partial charge on any atom is 0.326 e. The molecule has 3 N–H and O–H groups in total. The van der Waals surface area contributed by atoms with Crippen LogP contribution in [-0.2, 0) is 16.0 Å². The predicted molar refractivity (Wildman–Crippen MR) is 108 cm³/mol. The van der Waals surface area contributed by atoms with Gasteiger partial charge in [0, 0.05) is 17.7 Å². The van der Waals surface area contributed by atoms with Crippen molar-refractivity contribution in [2.45, 2.75) is 38.8 Å². The van der Waals surface area contributed by atoms with Crippen molar-refractivity contribution in [2.75, 3.05) is 5.32 Å². The van der Waals surface area contributed by atoms with Crippen LogP contribution in [0.25, 0.3) is 0 Å². The number of nitrogens with one attached hydrogen (secondary N) is 2. The van der Waals surface area contributed by atoms with Crippen LogP contribution in [0.1, 0.15) is 36.2 Å². The van der Waals surface area contributed by atoms with Crippen LogP contribution in [0.3, 0.4) is 0 Å². The van der Waals surface area contributed by atoms with Crippen LogP contribution < -0.4 is 15.4 Å². The normalized spacial score (nSPS) is 16.8. The fourth-order valence-corrected chi connectivity index (χ4v) is 3.20. The van der Waals surface area contributed by atoms with E-state index in [-0.39, 0.29) is 17.4 Å². The average molecular weight is 396 g/mol. The summed E-state index contributed by atoms with van der Waals surface area (Å²) in [5.74, 6) is -1.39. The number of rotatable bonds is 7. The van der Waals surface area contributed by atoms with Crippen molar-refractivity contribution in [2.24, 2.45) is 5.92 Å². The third-order valence-corrected chi connectivity index (χ3v) is 5.10. The molecule has 3 atom stereocenters. The van der Waals surface area contributed by atoms with E-state index in [1.165, 1.54) is 6.07 Å². The number of ether oxygens (including phenoxy) is 1. The maximum absolute atomic E-state index is 12.5. The molecule has 7 heteroatoms. The van der Waals surface area contributed by atoms with Gasteiger partial charge in [-0.2, -0.15) is 0 Å². The fourth-order valence-electron chi connectivity index (χ4n) is 3.20. The number of carboxylic acid groups (broad SMARTS) is 1. The molecule has 29 heavy (non-hydrogen) atoms. The van der Waals surface area contributed by atoms with E-state index < -0.39 is 24.0 Å². The van der Waals surface area contributed by atoms with Crippen LogP contribution >= 0.6 is 0 Å². The molecule has 7 nitrogen and oxygen atoms in total. The summed E-state index contributed by atoms with van der Waals surface area (Å²) in [5.41, 5.74) is 1.69. The third kappa shape index (κ3) is 4.74. The first-order valence-electron chi connectivity index (χ1n) is 9.58. The van der Waals surface area contributed by atoms with E-state index in [1.54, 1.807) is 25.1 Å². The number of para-hydroxylation sites is 1. The first-order chi connectivity index (χ1) is 13.9. The zero-order valence-electron chi connectivity index (χ0n) is 16.3. The highest BCUT2D eigenvalue weighted by Crippen LogP contribution is 2.28. The van der Waals surface area contributed by atoms with E-state index >= 15 is 0 Å². The van der Waals surface area contributed by atoms with Gasteiger partial charge < -0.3 is 20.5 Å². The fraction of sp³-hybridized carbons (Fsp3) is 0.318. The highest BCUT2D eigenvalue weighted by molar-refractivity contribution is 5.99. The molecule has 0 saturated heterocycles. The number of hydrogen-bond acceptors (Lipinski definition) is 4. The Morgan fingerprint density at radius 1 is 1.17 bits per heavy atom. The van der Waals surface area contributed by atoms with Crippen molar-refractivity contribution in [3.63, 3.8) is 0 Å². The zero-order chi connectivity index (χ0) is 21.0. The van der Waals surface area contributed by atoms with Gasteiger partial charge in [-0.05, 0) is 35.7 Å². The highest BCUT2D eigenvalue weighted by Gasteiger charge is 2.29. The summed E-state index contributed by atoms with van der Waals surface area (Å²) in [6.07, 6.45) is 0.473. The average Bonchev–Trinajstić information content (AvgIpc) is 3.15. The molecule has 152 valence electrons. The predicted octanol–water partition coefficient (Wildman–Crippen LogP) is 2.86. The number of carbonyl (C=O) groups excluding carboxylic acids is 2. The first kappa shape index (κ1) is 20.4. The summed E-state index contributed by atoms with van der Waals surface area (Å²) in [4.78, 5) is 36.5. The van der Waals surface area contributed by atoms with Crippen LogP contribution in [0.4, 0.5) is 5.69 Å². The minimum atomic E-state index is -1.07. The van der Waals surface area contributed by atoms with Gasteiger partial charge in [-0.1, -0.05) is 44.5 Å². The van der Waals surface area contributed by atoms with E-state index in [0.717, 1.165) is 5.56 Å². The van der Waals surface area contributed by atoms with Crippen LogP contribution in [0.2, 0.25) is 0 Å². The van der Waals surface area contributed by atoms with E-state index in [4.69, 9.17) is 4.74 Å². The van der Waals surface area contributed by atoms with Crippen LogP contribution in [0.15, 0.2) is 48.5 Å². The van der Waals surface area contributed by atoms with Gasteiger partial charge in [0.25, 0.3) is 11.8 Å². The molecule has 0 radical (unpaired) electrons. The Labute approximate surface area is 169 Å². The van der Waals surface area contributed by atoms with Gasteiger partial charge in [0.05, 0.1) is 0 Å². The lowest BCUT2D eigenvalue weighted by molar-refractivity contribution is -0.140. The highest BCUT2D eigenvalue weighted by atomic mass is 16.5. The Morgan fingerprint density at radius 2 is 1.93 bits per heavy atom. The number of aliphatic carboxylic acids is 1. The topological polar surface area (TPSA) is 105 Å². The Hall–Kier alpha value is -3.35. The second-order valence-corrected chi connectivity index (χ2v) is 7.16. The second-order valence-electron chi connectivity index (χ2n) is 7.16. The summed E-state index contributed by atoms with van der Waals surface area (Å²) in [6.45, 7) is 3.64. The molecule has 0 aliphatic carbocycles. The van der Waals surface area contributed by atoms with Crippen molar-refractivity contribution < 1.29 is 24.2 Å². The molecular formula is C22H24N2O5. The van der Waals surface area contributed by atoms with Gasteiger partial charge in [0.15, 0.2) is 6.10 Å². The van der Waals surface area contributed by atoms with Crippen molar-refractivity contribution in [3.8, 4) is 5.75 Å². The Kier molecular flexibility index (Phi) is 6.16. The van der Waals surface area contributed by atoms with E-state index in [2.05, 4.69) is 10.6 Å². The Bertz CT molecular complexity index is 902. The molecule has 2 aromatic carbocycles. The van der Waals surface area contributed by atoms with Gasteiger partial charge in [0.1, 0.15) is 11.8 Å². The second kappa shape index (κ2) is 8.77. The summed E-state index contributed by atoms with van der Waals surface area (Å²) >= 11 is 0. The monoisotopic (exact) mass is 396 g/mol. The smallest absolute Gasteiger partial charge is 0.326 e. The molecule has 1 unspecified atom stereocenters. The van der Waals surface area contributed by atoms with Gasteiger partial charge in [-0.3, -0.25) is 9.59 Å². The van der Waals surface area contributed by atoms with Gasteiger partial charge >= 0.3 is 5.97 Å². The minimum Gasteiger partial charge on any atom is -0.480 e. The molecule has 0 aromatic heterocycles. The third-order valence-electron chi connectivity index (χ3n) is 5.10. The number of anilines is 1. The van der Waals surface area contributed by atoms with Crippen molar-refractivity contribution in [1.29, 1.82) is 0 Å². The molecule has 2 aromatic rings. The Balaban J connectivity index is 1.66. The lowest BCUT2D eigenvalue weighted by atomic mass is 9.99. The number of carbonyl (C=O) groups is 3. The SMILES string of the molecule is CC[C@H](C)[C@H](NC(=O)c1cccc(NC(=O)C2Cc3ccccc3O2)c1)C(=O)O. The molecule has 0 spiro atoms. The molecule has 0 fully saturated rings. The first-order valence-corrected chi connectivity index (χ1v) is 9.58. The van der Waals surface area contributed by atoms with Gasteiger partial charge in [-0.15, -0.1) is 0 Å². The van der Waals surface area contributed by atoms with Crippen LogP contribution in [-0.4, -0.2) is 35.0 Å². The van der Waals surface area contributed by atoms with E-state index in [9.17, 15) is 19.5 Å². The zero-order valence-corrected chi connectivity index (χ0v) is 16.3. The molecule has 3 rings (SSSR count). The van der Waals surface area contributed by atoms with Gasteiger partial charge in [-0.25, -0.2) is 4.79 Å². The summed E-state index contributed by atoms with van der Waals surface area (Å²) in [5, 5.41) is 14.7. The summed E-state index contributed by atoms with van der Waals surface area (Å²) < 4.78 is 5.68. The lowest BCUT2D eigenvalue weighted by Gasteiger charge is -2.20. The molecule has 1 aliphatic heterocycles. The van der Waals surface area contributed by atoms with Crippen molar-refractivity contribution in [1.82, 2.24) is 5.32 Å². The summed E-state index contributed by atoms with van der Waals surface area (Å²) in [6, 6.07) is 12.9. The molecule has 0 bridgehead atoms. The molecule has 2 amide bonds. The minimum absolute atomic E-state index is 0.208.